The van der Waals surface area contributed by atoms with Crippen molar-refractivity contribution in [3.8, 4) is 5.69 Å². The Morgan fingerprint density at radius 2 is 2.03 bits per heavy atom. The Morgan fingerprint density at radius 1 is 1.24 bits per heavy atom. The molecule has 4 rings (SSSR count). The molecular weight excluding hydrogens is 386 g/mol. The summed E-state index contributed by atoms with van der Waals surface area (Å²) in [7, 11) is 0. The second-order valence-corrected chi connectivity index (χ2v) is 8.54. The molecule has 1 aromatic carbocycles. The summed E-state index contributed by atoms with van der Waals surface area (Å²) in [5.74, 6) is 2.45. The van der Waals surface area contributed by atoms with Gasteiger partial charge in [-0.05, 0) is 50.3 Å². The van der Waals surface area contributed by atoms with Gasteiger partial charge in [-0.1, -0.05) is 30.8 Å². The van der Waals surface area contributed by atoms with E-state index in [9.17, 15) is 4.79 Å². The predicted octanol–water partition coefficient (Wildman–Crippen LogP) is 4.04. The molecular formula is C21H25N5O2S. The fourth-order valence-corrected chi connectivity index (χ4v) is 4.33. The highest BCUT2D eigenvalue weighted by Crippen LogP contribution is 2.26. The standard InChI is InChI=1S/C21H25N5O2S/c1-14-7-9-25(10-8-14)20(27)18-12-28-19(22-18)13-29-21-24-23-16(3)26(21)17-6-4-5-15(2)11-17/h4-6,11-12,14H,7-10,13H2,1-3H3. The van der Waals surface area contributed by atoms with Gasteiger partial charge in [-0.15, -0.1) is 10.2 Å². The zero-order valence-corrected chi connectivity index (χ0v) is 17.8. The van der Waals surface area contributed by atoms with Crippen LogP contribution in [-0.2, 0) is 5.75 Å². The summed E-state index contributed by atoms with van der Waals surface area (Å²) in [5.41, 5.74) is 2.58. The van der Waals surface area contributed by atoms with Gasteiger partial charge in [-0.2, -0.15) is 0 Å². The molecule has 0 bridgehead atoms. The lowest BCUT2D eigenvalue weighted by molar-refractivity contribution is 0.0691. The number of piperidine rings is 1. The van der Waals surface area contributed by atoms with Gasteiger partial charge in [0.1, 0.15) is 12.1 Å². The Bertz CT molecular complexity index is 1000. The van der Waals surface area contributed by atoms with Gasteiger partial charge in [0.25, 0.3) is 5.91 Å². The average Bonchev–Trinajstić information content (AvgIpc) is 3.33. The van der Waals surface area contributed by atoms with Gasteiger partial charge in [0.05, 0.1) is 5.75 Å². The Balaban J connectivity index is 1.44. The molecule has 29 heavy (non-hydrogen) atoms. The molecule has 0 N–H and O–H groups in total. The van der Waals surface area contributed by atoms with E-state index in [1.165, 1.54) is 23.6 Å². The Labute approximate surface area is 174 Å². The van der Waals surface area contributed by atoms with Gasteiger partial charge in [0.2, 0.25) is 5.89 Å². The molecule has 1 saturated heterocycles. The van der Waals surface area contributed by atoms with Crippen molar-refractivity contribution in [1.82, 2.24) is 24.6 Å². The van der Waals surface area contributed by atoms with Gasteiger partial charge < -0.3 is 9.32 Å². The summed E-state index contributed by atoms with van der Waals surface area (Å²) in [5, 5.41) is 9.27. The van der Waals surface area contributed by atoms with Crippen molar-refractivity contribution in [2.45, 2.75) is 44.5 Å². The minimum Gasteiger partial charge on any atom is -0.447 e. The first-order valence-corrected chi connectivity index (χ1v) is 10.9. The van der Waals surface area contributed by atoms with Crippen LogP contribution in [-0.4, -0.2) is 43.6 Å². The van der Waals surface area contributed by atoms with Gasteiger partial charge in [0.15, 0.2) is 10.9 Å². The first-order chi connectivity index (χ1) is 14.0. The molecule has 8 heteroatoms. The highest BCUT2D eigenvalue weighted by molar-refractivity contribution is 7.98. The quantitative estimate of drug-likeness (QED) is 0.590. The fourth-order valence-electron chi connectivity index (χ4n) is 3.48. The smallest absolute Gasteiger partial charge is 0.275 e. The van der Waals surface area contributed by atoms with Crippen LogP contribution < -0.4 is 0 Å². The summed E-state index contributed by atoms with van der Waals surface area (Å²) in [6.07, 6.45) is 3.55. The van der Waals surface area contributed by atoms with E-state index in [4.69, 9.17) is 4.42 Å². The van der Waals surface area contributed by atoms with Crippen molar-refractivity contribution in [2.75, 3.05) is 13.1 Å². The predicted molar refractivity (Wildman–Crippen MR) is 111 cm³/mol. The molecule has 1 amide bonds. The van der Waals surface area contributed by atoms with Crippen molar-refractivity contribution in [3.05, 3.63) is 53.5 Å². The van der Waals surface area contributed by atoms with Crippen molar-refractivity contribution in [2.24, 2.45) is 5.92 Å². The molecule has 2 aromatic heterocycles. The fraction of sp³-hybridized carbons (Fsp3) is 0.429. The third-order valence-electron chi connectivity index (χ3n) is 5.22. The lowest BCUT2D eigenvalue weighted by atomic mass is 9.99. The average molecular weight is 412 g/mol. The van der Waals surface area contributed by atoms with Gasteiger partial charge in [-0.25, -0.2) is 4.98 Å². The summed E-state index contributed by atoms with van der Waals surface area (Å²) in [4.78, 5) is 18.9. The van der Waals surface area contributed by atoms with E-state index in [0.29, 0.717) is 23.3 Å². The molecule has 7 nitrogen and oxygen atoms in total. The van der Waals surface area contributed by atoms with E-state index in [1.807, 2.05) is 28.5 Å². The number of aryl methyl sites for hydroxylation is 2. The highest BCUT2D eigenvalue weighted by Gasteiger charge is 2.24. The Morgan fingerprint density at radius 3 is 2.79 bits per heavy atom. The topological polar surface area (TPSA) is 77.1 Å². The van der Waals surface area contributed by atoms with E-state index in [2.05, 4.69) is 41.2 Å². The van der Waals surface area contributed by atoms with Gasteiger partial charge in [0, 0.05) is 18.8 Å². The number of benzene rings is 1. The Kier molecular flexibility index (Phi) is 5.71. The Hall–Kier alpha value is -2.61. The van der Waals surface area contributed by atoms with E-state index < -0.39 is 0 Å². The molecule has 0 spiro atoms. The van der Waals surface area contributed by atoms with E-state index in [0.717, 1.165) is 42.6 Å². The third kappa shape index (κ3) is 4.37. The van der Waals surface area contributed by atoms with Crippen molar-refractivity contribution in [3.63, 3.8) is 0 Å². The summed E-state index contributed by atoms with van der Waals surface area (Å²) >= 11 is 1.49. The number of thioether (sulfide) groups is 1. The number of oxazole rings is 1. The summed E-state index contributed by atoms with van der Waals surface area (Å²) in [6.45, 7) is 7.79. The van der Waals surface area contributed by atoms with Crippen LogP contribution in [0.25, 0.3) is 5.69 Å². The lowest BCUT2D eigenvalue weighted by Gasteiger charge is -2.29. The maximum atomic E-state index is 12.6. The molecule has 3 heterocycles. The van der Waals surface area contributed by atoms with Crippen LogP contribution in [0.2, 0.25) is 0 Å². The first-order valence-electron chi connectivity index (χ1n) is 9.87. The molecule has 0 aliphatic carbocycles. The lowest BCUT2D eigenvalue weighted by Crippen LogP contribution is -2.38. The zero-order valence-electron chi connectivity index (χ0n) is 17.0. The number of aromatic nitrogens is 4. The minimum atomic E-state index is -0.0457. The SMILES string of the molecule is Cc1cccc(-n2c(C)nnc2SCc2nc(C(=O)N3CCC(C)CC3)co2)c1. The number of likely N-dealkylation sites (tertiary alicyclic amines) is 1. The van der Waals surface area contributed by atoms with Crippen LogP contribution in [0.15, 0.2) is 40.1 Å². The number of carbonyl (C=O) groups excluding carboxylic acids is 1. The largest absolute Gasteiger partial charge is 0.447 e. The van der Waals surface area contributed by atoms with Crippen molar-refractivity contribution in [1.29, 1.82) is 0 Å². The molecule has 1 aliphatic heterocycles. The molecule has 0 atom stereocenters. The van der Waals surface area contributed by atoms with Crippen LogP contribution in [0.4, 0.5) is 0 Å². The van der Waals surface area contributed by atoms with Crippen LogP contribution >= 0.6 is 11.8 Å². The first kappa shape index (κ1) is 19.7. The number of amides is 1. The molecule has 1 aliphatic rings. The summed E-state index contributed by atoms with van der Waals surface area (Å²) in [6, 6.07) is 8.22. The third-order valence-corrected chi connectivity index (χ3v) is 6.14. The second-order valence-electron chi connectivity index (χ2n) is 7.59. The minimum absolute atomic E-state index is 0.0457. The van der Waals surface area contributed by atoms with Gasteiger partial charge >= 0.3 is 0 Å². The van der Waals surface area contributed by atoms with E-state index in [-0.39, 0.29) is 5.91 Å². The van der Waals surface area contributed by atoms with Crippen molar-refractivity contribution < 1.29 is 9.21 Å². The summed E-state index contributed by atoms with van der Waals surface area (Å²) < 4.78 is 7.57. The number of rotatable bonds is 5. The number of carbonyl (C=O) groups is 1. The van der Waals surface area contributed by atoms with Crippen LogP contribution in [0.5, 0.6) is 0 Å². The highest BCUT2D eigenvalue weighted by atomic mass is 32.2. The monoisotopic (exact) mass is 411 g/mol. The van der Waals surface area contributed by atoms with Gasteiger partial charge in [-0.3, -0.25) is 9.36 Å². The van der Waals surface area contributed by atoms with Crippen LogP contribution in [0.3, 0.4) is 0 Å². The number of hydrogen-bond acceptors (Lipinski definition) is 6. The van der Waals surface area contributed by atoms with E-state index >= 15 is 0 Å². The normalized spacial score (nSPS) is 15.1. The molecule has 0 radical (unpaired) electrons. The maximum absolute atomic E-state index is 12.6. The molecule has 152 valence electrons. The maximum Gasteiger partial charge on any atom is 0.275 e. The molecule has 3 aromatic rings. The molecule has 1 fully saturated rings. The van der Waals surface area contributed by atoms with Crippen molar-refractivity contribution >= 4 is 17.7 Å². The molecule has 0 saturated carbocycles. The number of nitrogens with zero attached hydrogens (tertiary/aromatic N) is 5. The zero-order chi connectivity index (χ0) is 20.4. The second kappa shape index (κ2) is 8.41. The van der Waals surface area contributed by atoms with E-state index in [1.54, 1.807) is 0 Å². The van der Waals surface area contributed by atoms with Crippen LogP contribution in [0.1, 0.15) is 47.5 Å². The van der Waals surface area contributed by atoms with Crippen LogP contribution in [0, 0.1) is 19.8 Å². The number of hydrogen-bond donors (Lipinski definition) is 0. The molecule has 0 unspecified atom stereocenters.